The van der Waals surface area contributed by atoms with Gasteiger partial charge in [0, 0.05) is 18.8 Å². The summed E-state index contributed by atoms with van der Waals surface area (Å²) in [5, 5.41) is 12.2. The Bertz CT molecular complexity index is 520. The van der Waals surface area contributed by atoms with Crippen LogP contribution in [-0.2, 0) is 22.4 Å². The van der Waals surface area contributed by atoms with Crippen molar-refractivity contribution in [1.29, 1.82) is 0 Å². The minimum absolute atomic E-state index is 0.238. The summed E-state index contributed by atoms with van der Waals surface area (Å²) in [7, 11) is 0. The Morgan fingerprint density at radius 2 is 1.90 bits per heavy atom. The number of anilines is 1. The molecule has 2 rings (SSSR count). The van der Waals surface area contributed by atoms with E-state index in [4.69, 9.17) is 0 Å². The Hall–Kier alpha value is -1.88. The summed E-state index contributed by atoms with van der Waals surface area (Å²) >= 11 is 0. The molecule has 2 N–H and O–H groups in total. The minimum Gasteiger partial charge on any atom is -0.391 e. The van der Waals surface area contributed by atoms with Crippen LogP contribution < -0.4 is 5.32 Å². The van der Waals surface area contributed by atoms with Crippen molar-refractivity contribution < 1.29 is 14.7 Å². The summed E-state index contributed by atoms with van der Waals surface area (Å²) in [6, 6.07) is 5.88. The lowest BCUT2D eigenvalue weighted by Crippen LogP contribution is -2.39. The fraction of sp³-hybridized carbons (Fsp3) is 0.500. The largest absolute Gasteiger partial charge is 0.391 e. The molecule has 5 heteroatoms. The van der Waals surface area contributed by atoms with E-state index < -0.39 is 17.9 Å². The van der Waals surface area contributed by atoms with Gasteiger partial charge in [0.05, 0.1) is 6.10 Å². The molecule has 0 saturated carbocycles. The standard InChI is InChI=1S/C16H22N2O3/c1-3-11-6-5-7-12(4-2)14(11)17-15(20)16(21)18-9-8-13(19)10-18/h5-7,13,19H,3-4,8-10H2,1-2H3,(H,17,20)/t13-/m1/s1. The van der Waals surface area contributed by atoms with Gasteiger partial charge in [0.25, 0.3) is 0 Å². The fourth-order valence-corrected chi connectivity index (χ4v) is 2.64. The van der Waals surface area contributed by atoms with Gasteiger partial charge in [0.1, 0.15) is 0 Å². The van der Waals surface area contributed by atoms with Gasteiger partial charge in [0.15, 0.2) is 0 Å². The quantitative estimate of drug-likeness (QED) is 0.825. The van der Waals surface area contributed by atoms with Crippen molar-refractivity contribution >= 4 is 17.5 Å². The number of likely N-dealkylation sites (tertiary alicyclic amines) is 1. The number of aryl methyl sites for hydroxylation is 2. The second kappa shape index (κ2) is 6.72. The van der Waals surface area contributed by atoms with E-state index >= 15 is 0 Å². The molecule has 1 aliphatic heterocycles. The maximum Gasteiger partial charge on any atom is 0.313 e. The van der Waals surface area contributed by atoms with E-state index in [0.717, 1.165) is 29.7 Å². The van der Waals surface area contributed by atoms with E-state index in [1.165, 1.54) is 4.90 Å². The SMILES string of the molecule is CCc1cccc(CC)c1NC(=O)C(=O)N1CC[C@@H](O)C1. The molecule has 0 bridgehead atoms. The highest BCUT2D eigenvalue weighted by atomic mass is 16.3. The average Bonchev–Trinajstić information content (AvgIpc) is 2.93. The summed E-state index contributed by atoms with van der Waals surface area (Å²) in [6.07, 6.45) is 1.60. The van der Waals surface area contributed by atoms with Crippen LogP contribution in [0.4, 0.5) is 5.69 Å². The van der Waals surface area contributed by atoms with E-state index in [9.17, 15) is 14.7 Å². The van der Waals surface area contributed by atoms with Crippen molar-refractivity contribution in [3.8, 4) is 0 Å². The van der Waals surface area contributed by atoms with Crippen LogP contribution in [0.5, 0.6) is 0 Å². The zero-order valence-electron chi connectivity index (χ0n) is 12.6. The fourth-order valence-electron chi connectivity index (χ4n) is 2.64. The normalized spacial score (nSPS) is 17.9. The number of hydrogen-bond acceptors (Lipinski definition) is 3. The van der Waals surface area contributed by atoms with Crippen LogP contribution in [0.2, 0.25) is 0 Å². The first-order valence-corrected chi connectivity index (χ1v) is 7.45. The highest BCUT2D eigenvalue weighted by molar-refractivity contribution is 6.39. The van der Waals surface area contributed by atoms with Crippen LogP contribution in [-0.4, -0.2) is 41.0 Å². The first-order valence-electron chi connectivity index (χ1n) is 7.45. The first-order chi connectivity index (χ1) is 10.1. The highest BCUT2D eigenvalue weighted by Crippen LogP contribution is 2.22. The smallest absolute Gasteiger partial charge is 0.313 e. The van der Waals surface area contributed by atoms with Gasteiger partial charge in [0.2, 0.25) is 0 Å². The van der Waals surface area contributed by atoms with Crippen LogP contribution in [0.15, 0.2) is 18.2 Å². The van der Waals surface area contributed by atoms with Crippen molar-refractivity contribution in [2.75, 3.05) is 18.4 Å². The molecule has 2 amide bonds. The lowest BCUT2D eigenvalue weighted by atomic mass is 10.0. The Kier molecular flexibility index (Phi) is 4.96. The number of para-hydroxylation sites is 1. The number of nitrogens with one attached hydrogen (secondary N) is 1. The maximum absolute atomic E-state index is 12.2. The van der Waals surface area contributed by atoms with Gasteiger partial charge >= 0.3 is 11.8 Å². The molecule has 1 aromatic rings. The molecule has 0 aromatic heterocycles. The molecule has 1 aliphatic rings. The van der Waals surface area contributed by atoms with E-state index in [-0.39, 0.29) is 6.54 Å². The van der Waals surface area contributed by atoms with Crippen LogP contribution in [0.25, 0.3) is 0 Å². The van der Waals surface area contributed by atoms with Crippen LogP contribution in [0.3, 0.4) is 0 Å². The van der Waals surface area contributed by atoms with Gasteiger partial charge in [-0.15, -0.1) is 0 Å². The lowest BCUT2D eigenvalue weighted by molar-refractivity contribution is -0.142. The number of β-amino-alcohol motifs (C(OH)–C–C–N with tert-alkyl or cyclic N) is 1. The molecule has 5 nitrogen and oxygen atoms in total. The average molecular weight is 290 g/mol. The summed E-state index contributed by atoms with van der Waals surface area (Å²) in [5.41, 5.74) is 2.80. The first kappa shape index (κ1) is 15.5. The number of rotatable bonds is 3. The van der Waals surface area contributed by atoms with Gasteiger partial charge in [-0.2, -0.15) is 0 Å². The van der Waals surface area contributed by atoms with Crippen LogP contribution >= 0.6 is 0 Å². The van der Waals surface area contributed by atoms with Gasteiger partial charge in [-0.05, 0) is 30.4 Å². The molecule has 1 saturated heterocycles. The predicted octanol–water partition coefficient (Wildman–Crippen LogP) is 1.34. The molecule has 21 heavy (non-hydrogen) atoms. The summed E-state index contributed by atoms with van der Waals surface area (Å²) in [6.45, 7) is 4.71. The zero-order chi connectivity index (χ0) is 15.4. The third-order valence-corrected chi connectivity index (χ3v) is 3.88. The molecular formula is C16H22N2O3. The van der Waals surface area contributed by atoms with Crippen molar-refractivity contribution in [2.45, 2.75) is 39.2 Å². The van der Waals surface area contributed by atoms with Gasteiger partial charge < -0.3 is 15.3 Å². The topological polar surface area (TPSA) is 69.6 Å². The molecule has 1 fully saturated rings. The molecule has 0 unspecified atom stereocenters. The minimum atomic E-state index is -0.625. The van der Waals surface area contributed by atoms with Crippen molar-refractivity contribution in [2.24, 2.45) is 0 Å². The Balaban J connectivity index is 2.14. The third-order valence-electron chi connectivity index (χ3n) is 3.88. The van der Waals surface area contributed by atoms with Gasteiger partial charge in [-0.25, -0.2) is 0 Å². The molecule has 1 aromatic carbocycles. The maximum atomic E-state index is 12.2. The summed E-state index contributed by atoms with van der Waals surface area (Å²) in [5.74, 6) is -1.20. The van der Waals surface area contributed by atoms with Crippen LogP contribution in [0, 0.1) is 0 Å². The van der Waals surface area contributed by atoms with E-state index in [2.05, 4.69) is 5.32 Å². The number of carbonyl (C=O) groups excluding carboxylic acids is 2. The second-order valence-corrected chi connectivity index (χ2v) is 5.31. The summed E-state index contributed by atoms with van der Waals surface area (Å²) in [4.78, 5) is 25.7. The molecule has 1 heterocycles. The van der Waals surface area contributed by atoms with Crippen molar-refractivity contribution in [3.05, 3.63) is 29.3 Å². The number of hydrogen-bond donors (Lipinski definition) is 2. The molecular weight excluding hydrogens is 268 g/mol. The van der Waals surface area contributed by atoms with Crippen molar-refractivity contribution in [3.63, 3.8) is 0 Å². The molecule has 114 valence electrons. The monoisotopic (exact) mass is 290 g/mol. The number of aliphatic hydroxyl groups excluding tert-OH is 1. The molecule has 0 spiro atoms. The van der Waals surface area contributed by atoms with Gasteiger partial charge in [-0.3, -0.25) is 9.59 Å². The second-order valence-electron chi connectivity index (χ2n) is 5.31. The Morgan fingerprint density at radius 1 is 1.29 bits per heavy atom. The van der Waals surface area contributed by atoms with E-state index in [1.807, 2.05) is 32.0 Å². The van der Waals surface area contributed by atoms with Gasteiger partial charge in [-0.1, -0.05) is 32.0 Å². The molecule has 0 radical (unpaired) electrons. The number of carbonyl (C=O) groups is 2. The Morgan fingerprint density at radius 3 is 2.38 bits per heavy atom. The number of nitrogens with zero attached hydrogens (tertiary/aromatic N) is 1. The lowest BCUT2D eigenvalue weighted by Gasteiger charge is -2.17. The molecule has 0 aliphatic carbocycles. The zero-order valence-corrected chi connectivity index (χ0v) is 12.6. The number of benzene rings is 1. The van der Waals surface area contributed by atoms with Crippen molar-refractivity contribution in [1.82, 2.24) is 4.90 Å². The van der Waals surface area contributed by atoms with E-state index in [0.29, 0.717) is 13.0 Å². The number of aliphatic hydroxyl groups is 1. The third kappa shape index (κ3) is 3.42. The molecule has 1 atom stereocenters. The number of amides is 2. The highest BCUT2D eigenvalue weighted by Gasteiger charge is 2.29. The summed E-state index contributed by atoms with van der Waals surface area (Å²) < 4.78 is 0. The predicted molar refractivity (Wildman–Crippen MR) is 81.0 cm³/mol. The van der Waals surface area contributed by atoms with E-state index in [1.54, 1.807) is 0 Å². The Labute approximate surface area is 125 Å². The van der Waals surface area contributed by atoms with Crippen LogP contribution in [0.1, 0.15) is 31.4 Å².